The number of hydrogen-bond acceptors (Lipinski definition) is 3. The first-order chi connectivity index (χ1) is 13.0. The molecule has 0 amide bonds. The van der Waals surface area contributed by atoms with E-state index in [1.165, 1.54) is 29.5 Å². The maximum atomic E-state index is 13.2. The average Bonchev–Trinajstić information content (AvgIpc) is 3.04. The zero-order valence-electron chi connectivity index (χ0n) is 15.3. The van der Waals surface area contributed by atoms with Gasteiger partial charge in [-0.2, -0.15) is 0 Å². The lowest BCUT2D eigenvalue weighted by Crippen LogP contribution is -2.01. The van der Waals surface area contributed by atoms with Gasteiger partial charge in [0.1, 0.15) is 5.82 Å². The lowest BCUT2D eigenvalue weighted by molar-refractivity contribution is 0.627. The monoisotopic (exact) mass is 401 g/mol. The van der Waals surface area contributed by atoms with Crippen molar-refractivity contribution in [1.29, 1.82) is 0 Å². The normalized spacial score (nSPS) is 11.1. The molecule has 2 aromatic carbocycles. The van der Waals surface area contributed by atoms with Crippen LogP contribution in [0.15, 0.2) is 60.3 Å². The molecule has 0 atom stereocenters. The summed E-state index contributed by atoms with van der Waals surface area (Å²) >= 11 is 7.64. The maximum absolute atomic E-state index is 13.2. The smallest absolute Gasteiger partial charge is 0.192 e. The molecule has 0 radical (unpaired) electrons. The maximum Gasteiger partial charge on any atom is 0.192 e. The Kier molecular flexibility index (Phi) is 6.34. The third-order valence-corrected chi connectivity index (χ3v) is 5.60. The summed E-state index contributed by atoms with van der Waals surface area (Å²) < 4.78 is 15.2. The van der Waals surface area contributed by atoms with E-state index in [-0.39, 0.29) is 5.82 Å². The molecule has 140 valence electrons. The fourth-order valence-electron chi connectivity index (χ4n) is 2.70. The number of aromatic nitrogens is 3. The number of thioether (sulfide) groups is 1. The quantitative estimate of drug-likeness (QED) is 0.342. The Morgan fingerprint density at radius 3 is 2.56 bits per heavy atom. The first-order valence-corrected chi connectivity index (χ1v) is 10.1. The highest BCUT2D eigenvalue weighted by Crippen LogP contribution is 2.29. The van der Waals surface area contributed by atoms with Crippen LogP contribution in [-0.4, -0.2) is 14.8 Å². The highest BCUT2D eigenvalue weighted by Gasteiger charge is 2.14. The first-order valence-electron chi connectivity index (χ1n) is 8.70. The van der Waals surface area contributed by atoms with E-state index in [0.29, 0.717) is 23.2 Å². The number of rotatable bonds is 7. The molecule has 0 fully saturated rings. The van der Waals surface area contributed by atoms with Crippen LogP contribution in [0.3, 0.4) is 0 Å². The van der Waals surface area contributed by atoms with E-state index in [1.807, 2.05) is 10.6 Å². The SMILES string of the molecule is C=CCn1c(SCc2ccc(F)cc2Cl)nnc1-c1ccc(C(C)C)cc1. The molecule has 1 aromatic heterocycles. The molecular formula is C21H21ClFN3S. The number of halogens is 2. The Bertz CT molecular complexity index is 935. The summed E-state index contributed by atoms with van der Waals surface area (Å²) in [6, 6.07) is 12.8. The van der Waals surface area contributed by atoms with Crippen LogP contribution in [0.5, 0.6) is 0 Å². The predicted octanol–water partition coefficient (Wildman–Crippen LogP) is 6.34. The summed E-state index contributed by atoms with van der Waals surface area (Å²) in [7, 11) is 0. The van der Waals surface area contributed by atoms with Crippen molar-refractivity contribution in [2.75, 3.05) is 0 Å². The fraction of sp³-hybridized carbons (Fsp3) is 0.238. The standard InChI is InChI=1S/C21H21ClFN3S/c1-4-11-26-20(16-7-5-15(6-8-16)14(2)3)24-25-21(26)27-13-17-9-10-18(23)12-19(17)22/h4-10,12,14H,1,11,13H2,2-3H3. The Labute approximate surface area is 168 Å². The molecule has 0 bridgehead atoms. The zero-order chi connectivity index (χ0) is 19.4. The van der Waals surface area contributed by atoms with Crippen molar-refractivity contribution in [1.82, 2.24) is 14.8 Å². The molecule has 0 aliphatic carbocycles. The van der Waals surface area contributed by atoms with Crippen molar-refractivity contribution in [3.8, 4) is 11.4 Å². The van der Waals surface area contributed by atoms with E-state index in [4.69, 9.17) is 11.6 Å². The van der Waals surface area contributed by atoms with E-state index in [0.717, 1.165) is 22.1 Å². The van der Waals surface area contributed by atoms with E-state index < -0.39 is 0 Å². The molecule has 0 saturated carbocycles. The molecule has 0 N–H and O–H groups in total. The Hall–Kier alpha value is -2.11. The van der Waals surface area contributed by atoms with Crippen molar-refractivity contribution in [3.63, 3.8) is 0 Å². The second-order valence-corrected chi connectivity index (χ2v) is 7.86. The van der Waals surface area contributed by atoms with Crippen LogP contribution >= 0.6 is 23.4 Å². The second-order valence-electron chi connectivity index (χ2n) is 6.51. The van der Waals surface area contributed by atoms with Gasteiger partial charge in [0.15, 0.2) is 11.0 Å². The van der Waals surface area contributed by atoms with Gasteiger partial charge >= 0.3 is 0 Å². The van der Waals surface area contributed by atoms with Gasteiger partial charge in [0.25, 0.3) is 0 Å². The van der Waals surface area contributed by atoms with Crippen molar-refractivity contribution >= 4 is 23.4 Å². The molecule has 0 saturated heterocycles. The van der Waals surface area contributed by atoms with Crippen molar-refractivity contribution < 1.29 is 4.39 Å². The minimum Gasteiger partial charge on any atom is -0.298 e. The van der Waals surface area contributed by atoms with Gasteiger partial charge in [0, 0.05) is 22.9 Å². The first kappa shape index (κ1) is 19.6. The summed E-state index contributed by atoms with van der Waals surface area (Å²) in [5, 5.41) is 9.92. The van der Waals surface area contributed by atoms with Crippen molar-refractivity contribution in [2.45, 2.75) is 37.2 Å². The topological polar surface area (TPSA) is 30.7 Å². The molecule has 0 aliphatic rings. The zero-order valence-corrected chi connectivity index (χ0v) is 16.9. The van der Waals surface area contributed by atoms with Crippen LogP contribution in [0, 0.1) is 5.82 Å². The third-order valence-electron chi connectivity index (χ3n) is 4.24. The highest BCUT2D eigenvalue weighted by molar-refractivity contribution is 7.98. The Balaban J connectivity index is 1.85. The molecule has 6 heteroatoms. The van der Waals surface area contributed by atoms with Crippen LogP contribution in [-0.2, 0) is 12.3 Å². The Morgan fingerprint density at radius 2 is 1.93 bits per heavy atom. The number of allylic oxidation sites excluding steroid dienone is 1. The lowest BCUT2D eigenvalue weighted by Gasteiger charge is -2.10. The highest BCUT2D eigenvalue weighted by atomic mass is 35.5. The third kappa shape index (κ3) is 4.60. The van der Waals surface area contributed by atoms with Crippen LogP contribution in [0.25, 0.3) is 11.4 Å². The van der Waals surface area contributed by atoms with Gasteiger partial charge in [-0.15, -0.1) is 16.8 Å². The van der Waals surface area contributed by atoms with Gasteiger partial charge in [0.2, 0.25) is 0 Å². The van der Waals surface area contributed by atoms with Gasteiger partial charge in [0.05, 0.1) is 0 Å². The van der Waals surface area contributed by atoms with E-state index in [9.17, 15) is 4.39 Å². The molecule has 0 spiro atoms. The van der Waals surface area contributed by atoms with Gasteiger partial charge in [-0.05, 0) is 29.2 Å². The van der Waals surface area contributed by atoms with Crippen molar-refractivity contribution in [2.24, 2.45) is 0 Å². The van der Waals surface area contributed by atoms with Gasteiger partial charge in [-0.3, -0.25) is 4.57 Å². The van der Waals surface area contributed by atoms with Crippen LogP contribution in [0.1, 0.15) is 30.9 Å². The fourth-order valence-corrected chi connectivity index (χ4v) is 3.97. The van der Waals surface area contributed by atoms with Crippen LogP contribution in [0.2, 0.25) is 5.02 Å². The molecule has 1 heterocycles. The largest absolute Gasteiger partial charge is 0.298 e. The van der Waals surface area contributed by atoms with Gasteiger partial charge < -0.3 is 0 Å². The number of hydrogen-bond donors (Lipinski definition) is 0. The van der Waals surface area contributed by atoms with Crippen LogP contribution < -0.4 is 0 Å². The van der Waals surface area contributed by atoms with Gasteiger partial charge in [-0.25, -0.2) is 4.39 Å². The summed E-state index contributed by atoms with van der Waals surface area (Å²) in [5.74, 6) is 1.53. The molecule has 27 heavy (non-hydrogen) atoms. The van der Waals surface area contributed by atoms with Gasteiger partial charge in [-0.1, -0.05) is 73.6 Å². The lowest BCUT2D eigenvalue weighted by atomic mass is 10.0. The second kappa shape index (κ2) is 8.72. The summed E-state index contributed by atoms with van der Waals surface area (Å²) in [5.41, 5.74) is 3.16. The van der Waals surface area contributed by atoms with E-state index >= 15 is 0 Å². The van der Waals surface area contributed by atoms with Crippen molar-refractivity contribution in [3.05, 3.63) is 77.1 Å². The number of nitrogens with zero attached hydrogens (tertiary/aromatic N) is 3. The molecule has 0 aliphatic heterocycles. The minimum absolute atomic E-state index is 0.337. The Morgan fingerprint density at radius 1 is 1.19 bits per heavy atom. The van der Waals surface area contributed by atoms with E-state index in [2.05, 4.69) is 54.9 Å². The number of benzene rings is 2. The molecule has 3 rings (SSSR count). The average molecular weight is 402 g/mol. The summed E-state index contributed by atoms with van der Waals surface area (Å²) in [4.78, 5) is 0. The summed E-state index contributed by atoms with van der Waals surface area (Å²) in [6.45, 7) is 8.79. The molecular weight excluding hydrogens is 381 g/mol. The minimum atomic E-state index is -0.337. The summed E-state index contributed by atoms with van der Waals surface area (Å²) in [6.07, 6.45) is 1.82. The van der Waals surface area contributed by atoms with E-state index in [1.54, 1.807) is 6.07 Å². The van der Waals surface area contributed by atoms with Crippen LogP contribution in [0.4, 0.5) is 4.39 Å². The predicted molar refractivity (Wildman–Crippen MR) is 111 cm³/mol. The molecule has 3 aromatic rings. The molecule has 0 unspecified atom stereocenters. The molecule has 3 nitrogen and oxygen atoms in total.